The van der Waals surface area contributed by atoms with Crippen LogP contribution in [-0.4, -0.2) is 26.1 Å². The van der Waals surface area contributed by atoms with Gasteiger partial charge in [-0.2, -0.15) is 0 Å². The zero-order valence-electron chi connectivity index (χ0n) is 11.5. The van der Waals surface area contributed by atoms with Crippen molar-refractivity contribution in [2.24, 2.45) is 0 Å². The SMILES string of the molecule is Cc1cc(NC(=O)c2n[nH]c(C(C)(C)C)n2)ccn1. The van der Waals surface area contributed by atoms with Crippen molar-refractivity contribution in [1.29, 1.82) is 0 Å². The normalized spacial score (nSPS) is 11.4. The minimum absolute atomic E-state index is 0.138. The van der Waals surface area contributed by atoms with E-state index in [0.717, 1.165) is 5.69 Å². The molecular weight excluding hydrogens is 242 g/mol. The molecule has 0 aliphatic heterocycles. The minimum Gasteiger partial charge on any atom is -0.319 e. The Morgan fingerprint density at radius 2 is 2.11 bits per heavy atom. The first-order valence-electron chi connectivity index (χ1n) is 6.03. The van der Waals surface area contributed by atoms with Gasteiger partial charge < -0.3 is 5.32 Å². The molecule has 0 aromatic carbocycles. The molecule has 0 aliphatic rings. The van der Waals surface area contributed by atoms with E-state index in [9.17, 15) is 4.79 Å². The Balaban J connectivity index is 2.14. The lowest BCUT2D eigenvalue weighted by Gasteiger charge is -2.12. The Kier molecular flexibility index (Phi) is 3.33. The zero-order chi connectivity index (χ0) is 14.0. The van der Waals surface area contributed by atoms with E-state index in [-0.39, 0.29) is 17.1 Å². The topological polar surface area (TPSA) is 83.6 Å². The van der Waals surface area contributed by atoms with Crippen molar-refractivity contribution in [2.45, 2.75) is 33.1 Å². The summed E-state index contributed by atoms with van der Waals surface area (Å²) in [6.45, 7) is 7.87. The van der Waals surface area contributed by atoms with Gasteiger partial charge in [-0.15, -0.1) is 5.10 Å². The van der Waals surface area contributed by atoms with Crippen LogP contribution in [0.1, 0.15) is 42.9 Å². The second-order valence-electron chi connectivity index (χ2n) is 5.40. The number of aromatic nitrogens is 4. The number of nitrogens with one attached hydrogen (secondary N) is 2. The predicted octanol–water partition coefficient (Wildman–Crippen LogP) is 2.06. The summed E-state index contributed by atoms with van der Waals surface area (Å²) in [5, 5.41) is 9.47. The van der Waals surface area contributed by atoms with Gasteiger partial charge in [0, 0.05) is 23.0 Å². The number of hydrogen-bond donors (Lipinski definition) is 2. The quantitative estimate of drug-likeness (QED) is 0.864. The highest BCUT2D eigenvalue weighted by molar-refractivity contribution is 6.01. The number of pyridine rings is 1. The van der Waals surface area contributed by atoms with Crippen LogP contribution in [0.25, 0.3) is 0 Å². The van der Waals surface area contributed by atoms with Crippen LogP contribution in [0.15, 0.2) is 18.3 Å². The molecule has 0 fully saturated rings. The molecule has 2 rings (SSSR count). The van der Waals surface area contributed by atoms with E-state index in [0.29, 0.717) is 11.5 Å². The van der Waals surface area contributed by atoms with Crippen LogP contribution < -0.4 is 5.32 Å². The molecule has 2 aromatic rings. The summed E-state index contributed by atoms with van der Waals surface area (Å²) >= 11 is 0. The van der Waals surface area contributed by atoms with Gasteiger partial charge >= 0.3 is 0 Å². The molecule has 0 unspecified atom stereocenters. The molecule has 2 heterocycles. The molecule has 0 atom stereocenters. The number of carbonyl (C=O) groups excluding carboxylic acids is 1. The first-order chi connectivity index (χ1) is 8.86. The number of rotatable bonds is 2. The lowest BCUT2D eigenvalue weighted by atomic mass is 9.96. The van der Waals surface area contributed by atoms with Crippen LogP contribution in [0.2, 0.25) is 0 Å². The number of aromatic amines is 1. The lowest BCUT2D eigenvalue weighted by Crippen LogP contribution is -2.16. The van der Waals surface area contributed by atoms with Crippen molar-refractivity contribution < 1.29 is 4.79 Å². The van der Waals surface area contributed by atoms with Crippen molar-refractivity contribution in [3.63, 3.8) is 0 Å². The zero-order valence-corrected chi connectivity index (χ0v) is 11.5. The predicted molar refractivity (Wildman–Crippen MR) is 72.0 cm³/mol. The summed E-state index contributed by atoms with van der Waals surface area (Å²) in [5.41, 5.74) is 1.35. The smallest absolute Gasteiger partial charge is 0.295 e. The number of amides is 1. The van der Waals surface area contributed by atoms with Gasteiger partial charge in [0.1, 0.15) is 5.82 Å². The Morgan fingerprint density at radius 3 is 2.68 bits per heavy atom. The molecule has 0 spiro atoms. The second kappa shape index (κ2) is 4.79. The van der Waals surface area contributed by atoms with E-state index in [2.05, 4.69) is 25.5 Å². The Hall–Kier alpha value is -2.24. The monoisotopic (exact) mass is 259 g/mol. The number of anilines is 1. The minimum atomic E-state index is -0.336. The van der Waals surface area contributed by atoms with Crippen LogP contribution in [-0.2, 0) is 5.41 Å². The highest BCUT2D eigenvalue weighted by Crippen LogP contribution is 2.17. The van der Waals surface area contributed by atoms with Crippen LogP contribution in [0, 0.1) is 6.92 Å². The standard InChI is InChI=1S/C13H17N5O/c1-8-7-9(5-6-14-8)15-11(19)10-16-12(18-17-10)13(2,3)4/h5-7H,1-4H3,(H,14,15,19)(H,16,17,18). The van der Waals surface area contributed by atoms with E-state index in [1.807, 2.05) is 27.7 Å². The van der Waals surface area contributed by atoms with Crippen molar-refractivity contribution in [3.8, 4) is 0 Å². The molecule has 0 saturated heterocycles. The van der Waals surface area contributed by atoms with E-state index in [1.54, 1.807) is 18.3 Å². The third-order valence-electron chi connectivity index (χ3n) is 2.55. The van der Waals surface area contributed by atoms with Gasteiger partial charge in [-0.3, -0.25) is 14.9 Å². The number of carbonyl (C=O) groups is 1. The highest BCUT2D eigenvalue weighted by atomic mass is 16.2. The van der Waals surface area contributed by atoms with Crippen LogP contribution in [0.3, 0.4) is 0 Å². The average molecular weight is 259 g/mol. The van der Waals surface area contributed by atoms with E-state index in [1.165, 1.54) is 0 Å². The molecular formula is C13H17N5O. The van der Waals surface area contributed by atoms with E-state index >= 15 is 0 Å². The molecule has 0 aliphatic carbocycles. The first kappa shape index (κ1) is 13.2. The summed E-state index contributed by atoms with van der Waals surface area (Å²) < 4.78 is 0. The number of nitrogens with zero attached hydrogens (tertiary/aromatic N) is 3. The molecule has 0 bridgehead atoms. The first-order valence-corrected chi connectivity index (χ1v) is 6.03. The Bertz CT molecular complexity index is 597. The lowest BCUT2D eigenvalue weighted by molar-refractivity contribution is 0.101. The third kappa shape index (κ3) is 3.15. The molecule has 6 nitrogen and oxygen atoms in total. The summed E-state index contributed by atoms with van der Waals surface area (Å²) in [6.07, 6.45) is 1.64. The van der Waals surface area contributed by atoms with Crippen molar-refractivity contribution in [1.82, 2.24) is 20.2 Å². The molecule has 100 valence electrons. The second-order valence-corrected chi connectivity index (χ2v) is 5.40. The summed E-state index contributed by atoms with van der Waals surface area (Å²) in [5.74, 6) is 0.486. The van der Waals surface area contributed by atoms with Crippen molar-refractivity contribution in [3.05, 3.63) is 35.7 Å². The number of hydrogen-bond acceptors (Lipinski definition) is 4. The fourth-order valence-corrected chi connectivity index (χ4v) is 1.51. The maximum atomic E-state index is 12.0. The molecule has 19 heavy (non-hydrogen) atoms. The van der Waals surface area contributed by atoms with Gasteiger partial charge in [0.2, 0.25) is 5.82 Å². The molecule has 0 radical (unpaired) electrons. The van der Waals surface area contributed by atoms with Gasteiger partial charge in [0.05, 0.1) is 0 Å². The molecule has 6 heteroatoms. The average Bonchev–Trinajstić information content (AvgIpc) is 2.77. The van der Waals surface area contributed by atoms with Crippen molar-refractivity contribution >= 4 is 11.6 Å². The number of H-pyrrole nitrogens is 1. The maximum Gasteiger partial charge on any atom is 0.295 e. The number of aryl methyl sites for hydroxylation is 1. The third-order valence-corrected chi connectivity index (χ3v) is 2.55. The fraction of sp³-hybridized carbons (Fsp3) is 0.385. The van der Waals surface area contributed by atoms with Gasteiger partial charge in [0.25, 0.3) is 5.91 Å². The van der Waals surface area contributed by atoms with Crippen LogP contribution >= 0.6 is 0 Å². The molecule has 2 N–H and O–H groups in total. The van der Waals surface area contributed by atoms with Crippen LogP contribution in [0.4, 0.5) is 5.69 Å². The fourth-order valence-electron chi connectivity index (χ4n) is 1.51. The maximum absolute atomic E-state index is 12.0. The largest absolute Gasteiger partial charge is 0.319 e. The van der Waals surface area contributed by atoms with Gasteiger partial charge in [-0.25, -0.2) is 4.98 Å². The van der Waals surface area contributed by atoms with E-state index in [4.69, 9.17) is 0 Å². The molecule has 2 aromatic heterocycles. The summed E-state index contributed by atoms with van der Waals surface area (Å²) in [4.78, 5) is 20.3. The Labute approximate surface area is 111 Å². The summed E-state index contributed by atoms with van der Waals surface area (Å²) in [6, 6.07) is 3.51. The Morgan fingerprint density at radius 1 is 1.37 bits per heavy atom. The highest BCUT2D eigenvalue weighted by Gasteiger charge is 2.21. The van der Waals surface area contributed by atoms with Gasteiger partial charge in [0.15, 0.2) is 0 Å². The van der Waals surface area contributed by atoms with Gasteiger partial charge in [-0.05, 0) is 19.1 Å². The van der Waals surface area contributed by atoms with Gasteiger partial charge in [-0.1, -0.05) is 20.8 Å². The van der Waals surface area contributed by atoms with Crippen molar-refractivity contribution in [2.75, 3.05) is 5.32 Å². The summed E-state index contributed by atoms with van der Waals surface area (Å²) in [7, 11) is 0. The van der Waals surface area contributed by atoms with Crippen LogP contribution in [0.5, 0.6) is 0 Å². The molecule has 0 saturated carbocycles. The van der Waals surface area contributed by atoms with E-state index < -0.39 is 0 Å². The molecule has 1 amide bonds.